The Morgan fingerprint density at radius 2 is 1.79 bits per heavy atom. The zero-order valence-electron chi connectivity index (χ0n) is 18.3. The molecule has 1 aromatic heterocycles. The van der Waals surface area contributed by atoms with Crippen molar-refractivity contribution in [3.8, 4) is 17.1 Å². The molecular weight excluding hydrogens is 453 g/mol. The van der Waals surface area contributed by atoms with Gasteiger partial charge in [0.15, 0.2) is 5.82 Å². The lowest BCUT2D eigenvalue weighted by molar-refractivity contribution is -0.116. The minimum atomic E-state index is -0.572. The summed E-state index contributed by atoms with van der Waals surface area (Å²) < 4.78 is 20.9. The van der Waals surface area contributed by atoms with Gasteiger partial charge in [-0.15, -0.1) is 10.2 Å². The number of hydrogen-bond acceptors (Lipinski definition) is 6. The van der Waals surface area contributed by atoms with Gasteiger partial charge in [0.05, 0.1) is 12.6 Å². The number of fused-ring (bicyclic) bond motifs is 1. The molecule has 0 radical (unpaired) electrons. The molecular formula is C25H22FN5O2S. The zero-order valence-corrected chi connectivity index (χ0v) is 19.1. The van der Waals surface area contributed by atoms with Gasteiger partial charge in [0.25, 0.3) is 0 Å². The number of carbonyl (C=O) groups is 1. The van der Waals surface area contributed by atoms with Crippen LogP contribution in [0.3, 0.4) is 0 Å². The maximum absolute atomic E-state index is 13.6. The van der Waals surface area contributed by atoms with E-state index in [-0.39, 0.29) is 11.7 Å². The normalized spacial score (nSPS) is 16.9. The molecule has 0 fully saturated rings. The van der Waals surface area contributed by atoms with Crippen LogP contribution in [0.5, 0.6) is 5.75 Å². The second kappa shape index (κ2) is 9.56. The molecule has 0 bridgehead atoms. The maximum Gasteiger partial charge on any atom is 0.240 e. The zero-order chi connectivity index (χ0) is 23.5. The highest BCUT2D eigenvalue weighted by Gasteiger charge is 2.38. The second-order valence-electron chi connectivity index (χ2n) is 7.65. The summed E-state index contributed by atoms with van der Waals surface area (Å²) in [6.07, 6.45) is 0. The van der Waals surface area contributed by atoms with Crippen molar-refractivity contribution in [2.75, 3.05) is 17.3 Å². The Morgan fingerprint density at radius 1 is 1.06 bits per heavy atom. The summed E-state index contributed by atoms with van der Waals surface area (Å²) in [5, 5.41) is 11.6. The largest absolute Gasteiger partial charge is 0.494 e. The highest BCUT2D eigenvalue weighted by Crippen LogP contribution is 2.39. The van der Waals surface area contributed by atoms with E-state index in [1.54, 1.807) is 28.9 Å². The van der Waals surface area contributed by atoms with E-state index in [9.17, 15) is 9.18 Å². The van der Waals surface area contributed by atoms with Crippen LogP contribution in [-0.4, -0.2) is 32.6 Å². The molecule has 4 aromatic rings. The van der Waals surface area contributed by atoms with Crippen molar-refractivity contribution in [3.63, 3.8) is 0 Å². The van der Waals surface area contributed by atoms with Crippen LogP contribution in [0.15, 0.2) is 84.0 Å². The topological polar surface area (TPSA) is 81.1 Å². The minimum Gasteiger partial charge on any atom is -0.494 e. The molecule has 34 heavy (non-hydrogen) atoms. The van der Waals surface area contributed by atoms with E-state index in [0.29, 0.717) is 23.3 Å². The molecule has 1 aliphatic rings. The molecule has 2 atom stereocenters. The summed E-state index contributed by atoms with van der Waals surface area (Å²) in [4.78, 5) is 13.4. The summed E-state index contributed by atoms with van der Waals surface area (Å²) in [6, 6.07) is 22.6. The highest BCUT2D eigenvalue weighted by atomic mass is 32.2. The molecule has 2 unspecified atom stereocenters. The molecule has 0 saturated carbocycles. The van der Waals surface area contributed by atoms with E-state index in [2.05, 4.69) is 20.9 Å². The van der Waals surface area contributed by atoms with Crippen LogP contribution in [-0.2, 0) is 4.79 Å². The smallest absolute Gasteiger partial charge is 0.240 e. The van der Waals surface area contributed by atoms with Crippen molar-refractivity contribution >= 4 is 23.4 Å². The number of aromatic nitrogens is 3. The number of benzene rings is 3. The molecule has 9 heteroatoms. The molecule has 0 saturated heterocycles. The number of nitrogens with one attached hydrogen (secondary N) is 2. The highest BCUT2D eigenvalue weighted by molar-refractivity contribution is 8.00. The van der Waals surface area contributed by atoms with Crippen molar-refractivity contribution in [3.05, 3.63) is 90.2 Å². The van der Waals surface area contributed by atoms with E-state index in [0.717, 1.165) is 16.9 Å². The van der Waals surface area contributed by atoms with Crippen molar-refractivity contribution in [2.45, 2.75) is 23.4 Å². The molecule has 1 amide bonds. The number of anilines is 1. The van der Waals surface area contributed by atoms with Crippen molar-refractivity contribution in [1.29, 1.82) is 0 Å². The molecule has 0 aliphatic carbocycles. The third-order valence-corrected chi connectivity index (χ3v) is 6.60. The Balaban J connectivity index is 1.46. The summed E-state index contributed by atoms with van der Waals surface area (Å²) in [5.74, 6) is 0.838. The van der Waals surface area contributed by atoms with Gasteiger partial charge in [0.1, 0.15) is 16.8 Å². The van der Waals surface area contributed by atoms with E-state index in [4.69, 9.17) is 4.74 Å². The number of nitrogens with zero attached hydrogens (tertiary/aromatic N) is 3. The van der Waals surface area contributed by atoms with Gasteiger partial charge in [-0.1, -0.05) is 54.2 Å². The van der Waals surface area contributed by atoms with Gasteiger partial charge in [-0.05, 0) is 48.9 Å². The Kier molecular flexibility index (Phi) is 6.18. The molecule has 1 aliphatic heterocycles. The van der Waals surface area contributed by atoms with Crippen LogP contribution >= 0.6 is 11.8 Å². The van der Waals surface area contributed by atoms with E-state index < -0.39 is 11.3 Å². The molecule has 172 valence electrons. The van der Waals surface area contributed by atoms with Gasteiger partial charge in [-0.3, -0.25) is 4.79 Å². The maximum atomic E-state index is 13.6. The fourth-order valence-electron chi connectivity index (χ4n) is 3.76. The molecule has 2 N–H and O–H groups in total. The van der Waals surface area contributed by atoms with Gasteiger partial charge in [-0.2, -0.15) is 0 Å². The molecule has 2 heterocycles. The Morgan fingerprint density at radius 3 is 2.50 bits per heavy atom. The van der Waals surface area contributed by atoms with Crippen LogP contribution in [0.1, 0.15) is 18.5 Å². The fourth-order valence-corrected chi connectivity index (χ4v) is 4.84. The van der Waals surface area contributed by atoms with Gasteiger partial charge < -0.3 is 15.5 Å². The van der Waals surface area contributed by atoms with Crippen LogP contribution in [0.2, 0.25) is 0 Å². The number of amides is 1. The number of ether oxygens (including phenoxy) is 1. The average molecular weight is 476 g/mol. The SMILES string of the molecule is CCOc1ccc(NC(=O)C2Sc3nnc(-c4ccccc4)n3NC2c2ccc(F)cc2)cc1. The first kappa shape index (κ1) is 22.0. The lowest BCUT2D eigenvalue weighted by Gasteiger charge is -2.33. The summed E-state index contributed by atoms with van der Waals surface area (Å²) in [5.41, 5.74) is 5.72. The predicted molar refractivity (Wildman–Crippen MR) is 130 cm³/mol. The van der Waals surface area contributed by atoms with Gasteiger partial charge in [0.2, 0.25) is 11.1 Å². The van der Waals surface area contributed by atoms with E-state index in [1.807, 2.05) is 49.4 Å². The van der Waals surface area contributed by atoms with Crippen LogP contribution in [0.25, 0.3) is 11.4 Å². The van der Waals surface area contributed by atoms with Crippen molar-refractivity contribution < 1.29 is 13.9 Å². The quantitative estimate of drug-likeness (QED) is 0.414. The first-order valence-corrected chi connectivity index (χ1v) is 11.7. The molecule has 0 spiro atoms. The number of carbonyl (C=O) groups excluding carboxylic acids is 1. The molecule has 7 nitrogen and oxygen atoms in total. The number of thioether (sulfide) groups is 1. The Hall–Kier alpha value is -3.85. The lowest BCUT2D eigenvalue weighted by atomic mass is 10.0. The molecule has 5 rings (SSSR count). The summed E-state index contributed by atoms with van der Waals surface area (Å²) >= 11 is 1.31. The van der Waals surface area contributed by atoms with Gasteiger partial charge in [0, 0.05) is 11.3 Å². The second-order valence-corrected chi connectivity index (χ2v) is 8.76. The van der Waals surface area contributed by atoms with Gasteiger partial charge >= 0.3 is 0 Å². The standard InChI is InChI=1S/C25H22FN5O2S/c1-2-33-20-14-12-19(13-15-20)27-24(32)22-21(16-8-10-18(26)11-9-16)30-31-23(28-29-25(31)34-22)17-6-4-3-5-7-17/h3-15,21-22,30H,2H2,1H3,(H,27,32). The predicted octanol–water partition coefficient (Wildman–Crippen LogP) is 4.88. The van der Waals surface area contributed by atoms with Crippen molar-refractivity contribution in [2.24, 2.45) is 0 Å². The number of hydrogen-bond donors (Lipinski definition) is 2. The van der Waals surface area contributed by atoms with E-state index >= 15 is 0 Å². The summed E-state index contributed by atoms with van der Waals surface area (Å²) in [7, 11) is 0. The van der Waals surface area contributed by atoms with Crippen molar-refractivity contribution in [1.82, 2.24) is 14.9 Å². The monoisotopic (exact) mass is 475 g/mol. The van der Waals surface area contributed by atoms with Gasteiger partial charge in [-0.25, -0.2) is 9.07 Å². The Bertz CT molecular complexity index is 1280. The van der Waals surface area contributed by atoms with Crippen LogP contribution in [0.4, 0.5) is 10.1 Å². The third-order valence-electron chi connectivity index (χ3n) is 5.39. The van der Waals surface area contributed by atoms with Crippen LogP contribution in [0, 0.1) is 5.82 Å². The number of halogens is 1. The average Bonchev–Trinajstić information content (AvgIpc) is 3.29. The fraction of sp³-hybridized carbons (Fsp3) is 0.160. The summed E-state index contributed by atoms with van der Waals surface area (Å²) in [6.45, 7) is 2.49. The third kappa shape index (κ3) is 4.47. The Labute approximate surface area is 200 Å². The first-order chi connectivity index (χ1) is 16.6. The number of rotatable bonds is 6. The van der Waals surface area contributed by atoms with Crippen LogP contribution < -0.4 is 15.5 Å². The van der Waals surface area contributed by atoms with E-state index in [1.165, 1.54) is 23.9 Å². The molecule has 3 aromatic carbocycles. The lowest BCUT2D eigenvalue weighted by Crippen LogP contribution is -2.41. The first-order valence-electron chi connectivity index (χ1n) is 10.9. The minimum absolute atomic E-state index is 0.202.